The molecule has 0 fully saturated rings. The zero-order valence-corrected chi connectivity index (χ0v) is 6.29. The molecule has 0 aliphatic heterocycles. The van der Waals surface area contributed by atoms with E-state index in [9.17, 15) is 0 Å². The number of rotatable bonds is 3. The lowest BCUT2D eigenvalue weighted by Crippen LogP contribution is -2.03. The van der Waals surface area contributed by atoms with Crippen LogP contribution in [0.1, 0.15) is 12.8 Å². The average molecular weight is 134 g/mol. The van der Waals surface area contributed by atoms with Crippen molar-refractivity contribution in [3.8, 4) is 0 Å². The molecule has 1 aliphatic rings. The normalized spacial score (nSPS) is 23.5. The van der Waals surface area contributed by atoms with Crippen molar-refractivity contribution in [2.75, 3.05) is 0 Å². The Kier molecular flexibility index (Phi) is 2.49. The second kappa shape index (κ2) is 3.40. The summed E-state index contributed by atoms with van der Waals surface area (Å²) in [4.78, 5) is 0. The highest BCUT2D eigenvalue weighted by Gasteiger charge is 2.14. The minimum Gasteiger partial charge on any atom is -0.102 e. The first kappa shape index (κ1) is 7.33. The van der Waals surface area contributed by atoms with Crippen molar-refractivity contribution in [2.24, 2.45) is 11.8 Å². The van der Waals surface area contributed by atoms with E-state index in [0.717, 1.165) is 0 Å². The van der Waals surface area contributed by atoms with E-state index in [0.29, 0.717) is 11.8 Å². The van der Waals surface area contributed by atoms with Crippen molar-refractivity contribution < 1.29 is 0 Å². The zero-order chi connectivity index (χ0) is 7.40. The third-order valence-electron chi connectivity index (χ3n) is 2.09. The maximum atomic E-state index is 3.77. The molecule has 0 bridgehead atoms. The van der Waals surface area contributed by atoms with Crippen LogP contribution in [-0.2, 0) is 0 Å². The van der Waals surface area contributed by atoms with Crippen molar-refractivity contribution >= 4 is 0 Å². The smallest absolute Gasteiger partial charge is 0.000413 e. The van der Waals surface area contributed by atoms with Crippen LogP contribution in [0.3, 0.4) is 0 Å². The van der Waals surface area contributed by atoms with Gasteiger partial charge < -0.3 is 0 Å². The van der Waals surface area contributed by atoms with Gasteiger partial charge in [0.1, 0.15) is 0 Å². The second-order valence-corrected chi connectivity index (χ2v) is 2.72. The molecular weight excluding hydrogens is 120 g/mol. The van der Waals surface area contributed by atoms with Gasteiger partial charge in [-0.15, -0.1) is 13.2 Å². The van der Waals surface area contributed by atoms with E-state index in [2.05, 4.69) is 25.3 Å². The van der Waals surface area contributed by atoms with Crippen LogP contribution in [0.25, 0.3) is 0 Å². The number of hydrogen-bond donors (Lipinski definition) is 0. The summed E-state index contributed by atoms with van der Waals surface area (Å²) in [5.74, 6) is 1.16. The molecule has 0 N–H and O–H groups in total. The van der Waals surface area contributed by atoms with Crippen LogP contribution in [0.15, 0.2) is 37.5 Å². The van der Waals surface area contributed by atoms with E-state index >= 15 is 0 Å². The first-order valence-electron chi connectivity index (χ1n) is 3.80. The first-order chi connectivity index (χ1) is 4.88. The molecule has 0 saturated carbocycles. The van der Waals surface area contributed by atoms with Gasteiger partial charge in [0.2, 0.25) is 0 Å². The van der Waals surface area contributed by atoms with Crippen LogP contribution in [0.2, 0.25) is 0 Å². The minimum atomic E-state index is 0.485. The molecule has 0 aromatic heterocycles. The lowest BCUT2D eigenvalue weighted by Gasteiger charge is -2.12. The molecule has 0 spiro atoms. The van der Waals surface area contributed by atoms with Gasteiger partial charge in [0.25, 0.3) is 0 Å². The lowest BCUT2D eigenvalue weighted by atomic mass is 9.92. The van der Waals surface area contributed by atoms with E-state index in [1.807, 2.05) is 12.2 Å². The second-order valence-electron chi connectivity index (χ2n) is 2.72. The summed E-state index contributed by atoms with van der Waals surface area (Å²) in [5.41, 5.74) is 0. The highest BCUT2D eigenvalue weighted by Crippen LogP contribution is 2.26. The van der Waals surface area contributed by atoms with Crippen LogP contribution in [0.4, 0.5) is 0 Å². The first-order valence-corrected chi connectivity index (χ1v) is 3.80. The van der Waals surface area contributed by atoms with E-state index in [-0.39, 0.29) is 0 Å². The van der Waals surface area contributed by atoms with Gasteiger partial charge in [0.05, 0.1) is 0 Å². The SMILES string of the molecule is C=CC(C=C)C1C=CCC1. The molecule has 0 radical (unpaired) electrons. The Morgan fingerprint density at radius 2 is 2.10 bits per heavy atom. The van der Waals surface area contributed by atoms with Crippen molar-refractivity contribution in [1.29, 1.82) is 0 Å². The van der Waals surface area contributed by atoms with E-state index < -0.39 is 0 Å². The summed E-state index contributed by atoms with van der Waals surface area (Å²) in [6.07, 6.45) is 11.0. The molecular formula is C10H14. The standard InChI is InChI=1S/C10H14/c1-3-9(4-2)10-7-5-6-8-10/h3-5,7,9-10H,1-2,6,8H2. The van der Waals surface area contributed by atoms with Crippen molar-refractivity contribution in [3.05, 3.63) is 37.5 Å². The van der Waals surface area contributed by atoms with Gasteiger partial charge in [0.15, 0.2) is 0 Å². The third-order valence-corrected chi connectivity index (χ3v) is 2.09. The van der Waals surface area contributed by atoms with Crippen LogP contribution in [-0.4, -0.2) is 0 Å². The topological polar surface area (TPSA) is 0 Å². The Labute approximate surface area is 62.9 Å². The summed E-state index contributed by atoms with van der Waals surface area (Å²) in [6.45, 7) is 7.54. The minimum absolute atomic E-state index is 0.485. The van der Waals surface area contributed by atoms with Gasteiger partial charge in [-0.25, -0.2) is 0 Å². The summed E-state index contributed by atoms with van der Waals surface area (Å²) < 4.78 is 0. The van der Waals surface area contributed by atoms with Crippen LogP contribution >= 0.6 is 0 Å². The molecule has 1 rings (SSSR count). The Morgan fingerprint density at radius 1 is 1.40 bits per heavy atom. The molecule has 10 heavy (non-hydrogen) atoms. The Hall–Kier alpha value is -0.780. The Morgan fingerprint density at radius 3 is 2.50 bits per heavy atom. The Balaban J connectivity index is 2.52. The predicted molar refractivity (Wildman–Crippen MR) is 45.7 cm³/mol. The lowest BCUT2D eigenvalue weighted by molar-refractivity contribution is 0.547. The average Bonchev–Trinajstić information content (AvgIpc) is 2.43. The molecule has 1 aliphatic carbocycles. The fourth-order valence-corrected chi connectivity index (χ4v) is 1.42. The molecule has 1 atom stereocenters. The van der Waals surface area contributed by atoms with Gasteiger partial charge >= 0.3 is 0 Å². The molecule has 1 unspecified atom stereocenters. The van der Waals surface area contributed by atoms with Crippen LogP contribution < -0.4 is 0 Å². The zero-order valence-electron chi connectivity index (χ0n) is 6.29. The summed E-state index contributed by atoms with van der Waals surface area (Å²) in [6, 6.07) is 0. The molecule has 0 nitrogen and oxygen atoms in total. The maximum Gasteiger partial charge on any atom is 0.000413 e. The number of hydrogen-bond acceptors (Lipinski definition) is 0. The quantitative estimate of drug-likeness (QED) is 0.520. The molecule has 0 heterocycles. The highest BCUT2D eigenvalue weighted by molar-refractivity contribution is 5.07. The van der Waals surface area contributed by atoms with Gasteiger partial charge in [-0.3, -0.25) is 0 Å². The molecule has 0 heteroatoms. The number of allylic oxidation sites excluding steroid dienone is 4. The fourth-order valence-electron chi connectivity index (χ4n) is 1.42. The fraction of sp³-hybridized carbons (Fsp3) is 0.400. The highest BCUT2D eigenvalue weighted by atomic mass is 14.2. The van der Waals surface area contributed by atoms with Gasteiger partial charge in [0, 0.05) is 5.92 Å². The largest absolute Gasteiger partial charge is 0.102 e. The summed E-state index contributed by atoms with van der Waals surface area (Å²) in [5, 5.41) is 0. The van der Waals surface area contributed by atoms with Gasteiger partial charge in [-0.1, -0.05) is 24.3 Å². The van der Waals surface area contributed by atoms with E-state index in [1.165, 1.54) is 12.8 Å². The molecule has 0 aromatic carbocycles. The monoisotopic (exact) mass is 134 g/mol. The van der Waals surface area contributed by atoms with Crippen molar-refractivity contribution in [1.82, 2.24) is 0 Å². The molecule has 0 amide bonds. The van der Waals surface area contributed by atoms with Gasteiger partial charge in [-0.05, 0) is 18.8 Å². The summed E-state index contributed by atoms with van der Waals surface area (Å²) >= 11 is 0. The van der Waals surface area contributed by atoms with Crippen LogP contribution in [0, 0.1) is 11.8 Å². The summed E-state index contributed by atoms with van der Waals surface area (Å²) in [7, 11) is 0. The van der Waals surface area contributed by atoms with E-state index in [1.54, 1.807) is 0 Å². The Bertz CT molecular complexity index is 145. The predicted octanol–water partition coefficient (Wildman–Crippen LogP) is 2.94. The molecule has 0 saturated heterocycles. The van der Waals surface area contributed by atoms with Crippen molar-refractivity contribution in [2.45, 2.75) is 12.8 Å². The molecule has 54 valence electrons. The van der Waals surface area contributed by atoms with E-state index in [4.69, 9.17) is 0 Å². The molecule has 0 aromatic rings. The van der Waals surface area contributed by atoms with Crippen LogP contribution in [0.5, 0.6) is 0 Å². The maximum absolute atomic E-state index is 3.77. The third kappa shape index (κ3) is 1.38. The van der Waals surface area contributed by atoms with Crippen molar-refractivity contribution in [3.63, 3.8) is 0 Å². The van der Waals surface area contributed by atoms with Gasteiger partial charge in [-0.2, -0.15) is 0 Å².